The summed E-state index contributed by atoms with van der Waals surface area (Å²) >= 11 is 0. The number of aryl methyl sites for hydroxylation is 1. The van der Waals surface area contributed by atoms with E-state index in [4.69, 9.17) is 0 Å². The van der Waals surface area contributed by atoms with Gasteiger partial charge in [-0.2, -0.15) is 5.26 Å². The van der Waals surface area contributed by atoms with Crippen LogP contribution in [0.5, 0.6) is 0 Å². The van der Waals surface area contributed by atoms with Crippen LogP contribution in [0.4, 0.5) is 5.69 Å². The van der Waals surface area contributed by atoms with E-state index in [0.29, 0.717) is 0 Å². The fraction of sp³-hybridized carbons (Fsp3) is 0.150. The van der Waals surface area contributed by atoms with Crippen LogP contribution < -0.4 is 4.90 Å². The Morgan fingerprint density at radius 3 is 2.45 bits per heavy atom. The van der Waals surface area contributed by atoms with E-state index in [9.17, 15) is 5.26 Å². The quantitative estimate of drug-likeness (QED) is 0.645. The van der Waals surface area contributed by atoms with Crippen LogP contribution in [0.3, 0.4) is 0 Å². The predicted molar refractivity (Wildman–Crippen MR) is 89.7 cm³/mol. The molecule has 2 nitrogen and oxygen atoms in total. The van der Waals surface area contributed by atoms with E-state index in [1.807, 2.05) is 6.07 Å². The zero-order valence-electron chi connectivity index (χ0n) is 12.5. The van der Waals surface area contributed by atoms with Crippen molar-refractivity contribution in [3.05, 3.63) is 77.4 Å². The summed E-state index contributed by atoms with van der Waals surface area (Å²) in [6.45, 7) is 2.85. The molecule has 1 aliphatic rings. The summed E-state index contributed by atoms with van der Waals surface area (Å²) in [4.78, 5) is 2.19. The fourth-order valence-corrected chi connectivity index (χ4v) is 3.37. The smallest absolute Gasteiger partial charge is 0.143 e. The molecule has 3 aromatic rings. The van der Waals surface area contributed by atoms with Crippen LogP contribution in [0.25, 0.3) is 10.8 Å². The molecule has 106 valence electrons. The second kappa shape index (κ2) is 4.89. The van der Waals surface area contributed by atoms with Gasteiger partial charge >= 0.3 is 0 Å². The molecule has 0 radical (unpaired) electrons. The van der Waals surface area contributed by atoms with Crippen molar-refractivity contribution in [1.82, 2.24) is 0 Å². The van der Waals surface area contributed by atoms with Crippen molar-refractivity contribution in [1.29, 1.82) is 5.26 Å². The second-order valence-corrected chi connectivity index (χ2v) is 5.86. The molecule has 1 unspecified atom stereocenters. The topological polar surface area (TPSA) is 27.0 Å². The molecule has 0 aliphatic carbocycles. The fourth-order valence-electron chi connectivity index (χ4n) is 3.37. The third-order valence-corrected chi connectivity index (χ3v) is 4.46. The lowest BCUT2D eigenvalue weighted by atomic mass is 9.90. The van der Waals surface area contributed by atoms with Crippen LogP contribution in [0, 0.1) is 18.3 Å². The van der Waals surface area contributed by atoms with Crippen molar-refractivity contribution < 1.29 is 0 Å². The Morgan fingerprint density at radius 1 is 1.00 bits per heavy atom. The molecule has 1 aliphatic heterocycles. The summed E-state index contributed by atoms with van der Waals surface area (Å²) in [5.41, 5.74) is 4.74. The zero-order chi connectivity index (χ0) is 15.1. The van der Waals surface area contributed by atoms with Crippen LogP contribution in [0.2, 0.25) is 0 Å². The number of hydrogen-bond acceptors (Lipinski definition) is 2. The summed E-state index contributed by atoms with van der Waals surface area (Å²) in [6, 6.07) is 23.3. The van der Waals surface area contributed by atoms with Crippen LogP contribution in [0.1, 0.15) is 22.7 Å². The van der Waals surface area contributed by atoms with Gasteiger partial charge in [0.2, 0.25) is 0 Å². The Bertz CT molecular complexity index is 882. The van der Waals surface area contributed by atoms with Gasteiger partial charge in [0.1, 0.15) is 6.04 Å². The van der Waals surface area contributed by atoms with Crippen molar-refractivity contribution >= 4 is 16.5 Å². The maximum Gasteiger partial charge on any atom is 0.143 e. The maximum absolute atomic E-state index is 9.76. The highest BCUT2D eigenvalue weighted by Crippen LogP contribution is 2.39. The SMILES string of the molecule is Cc1ccc(N2Cc3cccc4cccc(c34)C2C#N)cc1. The number of anilines is 1. The Kier molecular flexibility index (Phi) is 2.87. The molecule has 22 heavy (non-hydrogen) atoms. The molecule has 0 saturated carbocycles. The number of nitrogens with zero attached hydrogens (tertiary/aromatic N) is 2. The molecule has 1 heterocycles. The highest BCUT2D eigenvalue weighted by molar-refractivity contribution is 5.91. The summed E-state index contributed by atoms with van der Waals surface area (Å²) in [7, 11) is 0. The molecule has 0 aromatic heterocycles. The molecule has 0 bridgehead atoms. The standard InChI is InChI=1S/C20H16N2/c1-14-8-10-17(11-9-14)22-13-16-6-2-4-15-5-3-7-18(20(15)16)19(22)12-21/h2-11,19H,13H2,1H3. The van der Waals surface area contributed by atoms with Gasteiger partial charge in [0.15, 0.2) is 0 Å². The highest BCUT2D eigenvalue weighted by Gasteiger charge is 2.28. The molecular weight excluding hydrogens is 268 g/mol. The van der Waals surface area contributed by atoms with Gasteiger partial charge in [-0.15, -0.1) is 0 Å². The van der Waals surface area contributed by atoms with Gasteiger partial charge in [0.05, 0.1) is 6.07 Å². The third kappa shape index (κ3) is 1.87. The molecule has 1 atom stereocenters. The molecule has 4 rings (SSSR count). The lowest BCUT2D eigenvalue weighted by Gasteiger charge is -2.35. The molecule has 2 heteroatoms. The van der Waals surface area contributed by atoms with E-state index in [1.54, 1.807) is 0 Å². The minimum atomic E-state index is -0.235. The number of hydrogen-bond donors (Lipinski definition) is 0. The van der Waals surface area contributed by atoms with Crippen LogP contribution in [0.15, 0.2) is 60.7 Å². The first-order valence-corrected chi connectivity index (χ1v) is 7.51. The van der Waals surface area contributed by atoms with E-state index < -0.39 is 0 Å². The molecule has 3 aromatic carbocycles. The molecule has 0 N–H and O–H groups in total. The Hall–Kier alpha value is -2.79. The van der Waals surface area contributed by atoms with Gasteiger partial charge in [0.25, 0.3) is 0 Å². The second-order valence-electron chi connectivity index (χ2n) is 5.86. The van der Waals surface area contributed by atoms with Crippen LogP contribution in [-0.2, 0) is 6.54 Å². The molecule has 0 spiro atoms. The summed E-state index contributed by atoms with van der Waals surface area (Å²) < 4.78 is 0. The van der Waals surface area contributed by atoms with Crippen molar-refractivity contribution in [3.8, 4) is 6.07 Å². The van der Waals surface area contributed by atoms with Crippen LogP contribution in [-0.4, -0.2) is 0 Å². The van der Waals surface area contributed by atoms with Gasteiger partial charge in [0, 0.05) is 12.2 Å². The minimum Gasteiger partial charge on any atom is -0.348 e. The molecule has 0 saturated heterocycles. The van der Waals surface area contributed by atoms with E-state index in [0.717, 1.165) is 17.8 Å². The average Bonchev–Trinajstić information content (AvgIpc) is 2.56. The Labute approximate surface area is 130 Å². The highest BCUT2D eigenvalue weighted by atomic mass is 15.2. The van der Waals surface area contributed by atoms with Gasteiger partial charge < -0.3 is 4.90 Å². The van der Waals surface area contributed by atoms with Crippen molar-refractivity contribution in [2.75, 3.05) is 4.90 Å². The van der Waals surface area contributed by atoms with E-state index in [-0.39, 0.29) is 6.04 Å². The summed E-state index contributed by atoms with van der Waals surface area (Å²) in [5, 5.41) is 12.2. The summed E-state index contributed by atoms with van der Waals surface area (Å²) in [5.74, 6) is 0. The normalized spacial score (nSPS) is 16.5. The number of benzene rings is 3. The van der Waals surface area contributed by atoms with E-state index >= 15 is 0 Å². The van der Waals surface area contributed by atoms with E-state index in [2.05, 4.69) is 72.5 Å². The van der Waals surface area contributed by atoms with E-state index in [1.165, 1.54) is 21.9 Å². The first-order chi connectivity index (χ1) is 10.8. The zero-order valence-corrected chi connectivity index (χ0v) is 12.5. The van der Waals surface area contributed by atoms with Gasteiger partial charge in [-0.05, 0) is 41.0 Å². The lowest BCUT2D eigenvalue weighted by molar-refractivity contribution is 0.721. The Balaban J connectivity index is 1.91. The lowest BCUT2D eigenvalue weighted by Crippen LogP contribution is -2.30. The first-order valence-electron chi connectivity index (χ1n) is 7.51. The minimum absolute atomic E-state index is 0.235. The molecular formula is C20H16N2. The van der Waals surface area contributed by atoms with Gasteiger partial charge in [-0.1, -0.05) is 54.1 Å². The number of rotatable bonds is 1. The predicted octanol–water partition coefficient (Wildman–Crippen LogP) is 4.73. The molecule has 0 fully saturated rings. The van der Waals surface area contributed by atoms with Crippen molar-refractivity contribution in [2.45, 2.75) is 19.5 Å². The van der Waals surface area contributed by atoms with Gasteiger partial charge in [-0.3, -0.25) is 0 Å². The average molecular weight is 284 g/mol. The van der Waals surface area contributed by atoms with Crippen LogP contribution >= 0.6 is 0 Å². The monoisotopic (exact) mass is 284 g/mol. The Morgan fingerprint density at radius 2 is 1.73 bits per heavy atom. The van der Waals surface area contributed by atoms with Crippen molar-refractivity contribution in [3.63, 3.8) is 0 Å². The third-order valence-electron chi connectivity index (χ3n) is 4.46. The maximum atomic E-state index is 9.76. The molecule has 0 amide bonds. The number of nitriles is 1. The van der Waals surface area contributed by atoms with Gasteiger partial charge in [-0.25, -0.2) is 0 Å². The summed E-state index contributed by atoms with van der Waals surface area (Å²) in [6.07, 6.45) is 0. The first kappa shape index (κ1) is 12.9. The van der Waals surface area contributed by atoms with Crippen molar-refractivity contribution in [2.24, 2.45) is 0 Å². The largest absolute Gasteiger partial charge is 0.348 e.